The van der Waals surface area contributed by atoms with E-state index >= 15 is 0 Å². The summed E-state index contributed by atoms with van der Waals surface area (Å²) in [6.07, 6.45) is 11.8. The number of aliphatic imine (C=N–C) groups is 1. The van der Waals surface area contributed by atoms with Gasteiger partial charge in [0.15, 0.2) is 0 Å². The van der Waals surface area contributed by atoms with Crippen LogP contribution in [0, 0.1) is 11.8 Å². The van der Waals surface area contributed by atoms with Crippen LogP contribution >= 0.6 is 34.3 Å². The van der Waals surface area contributed by atoms with E-state index in [4.69, 9.17) is 11.6 Å². The van der Waals surface area contributed by atoms with Crippen molar-refractivity contribution in [1.82, 2.24) is 35.6 Å². The molecule has 5 aromatic heterocycles. The summed E-state index contributed by atoms with van der Waals surface area (Å²) in [5, 5.41) is 12.1. The number of thiophene rings is 2. The number of hydrogen-bond acceptors (Lipinski definition) is 11. The van der Waals surface area contributed by atoms with E-state index in [1.54, 1.807) is 29.0 Å². The van der Waals surface area contributed by atoms with Gasteiger partial charge in [0.2, 0.25) is 11.8 Å². The lowest BCUT2D eigenvalue weighted by atomic mass is 9.87. The average molecular weight is 716 g/mol. The van der Waals surface area contributed by atoms with E-state index in [9.17, 15) is 9.59 Å². The summed E-state index contributed by atoms with van der Waals surface area (Å²) in [4.78, 5) is 55.1. The van der Waals surface area contributed by atoms with E-state index < -0.39 is 0 Å². The molecule has 49 heavy (non-hydrogen) atoms. The molecule has 2 aliphatic carbocycles. The second-order valence-electron chi connectivity index (χ2n) is 13.3. The minimum atomic E-state index is 0.0301. The average Bonchev–Trinajstić information content (AvgIpc) is 3.79. The SMILES string of the molecule is CC(C)NC(=O)C1CCc2c(sc3ncnc(Cl)c23)C1.CC(C)NC(=O)C1CCc2c(sc3ncnc(Nc4cnc5c(c4)C=NC5)c23)C1. The molecule has 0 fully saturated rings. The Morgan fingerprint density at radius 1 is 0.816 bits per heavy atom. The molecule has 5 aromatic rings. The summed E-state index contributed by atoms with van der Waals surface area (Å²) in [6.45, 7) is 8.62. The second-order valence-corrected chi connectivity index (χ2v) is 15.8. The Morgan fingerprint density at radius 3 is 2.04 bits per heavy atom. The van der Waals surface area contributed by atoms with Gasteiger partial charge in [0.1, 0.15) is 33.3 Å². The molecule has 2 amide bonds. The molecular formula is C35H38ClN9O2S2. The topological polar surface area (TPSA) is 147 Å². The lowest BCUT2D eigenvalue weighted by Gasteiger charge is -2.22. The van der Waals surface area contributed by atoms with Gasteiger partial charge in [-0.1, -0.05) is 11.6 Å². The predicted molar refractivity (Wildman–Crippen MR) is 196 cm³/mol. The molecule has 254 valence electrons. The lowest BCUT2D eigenvalue weighted by molar-refractivity contribution is -0.126. The van der Waals surface area contributed by atoms with Gasteiger partial charge < -0.3 is 16.0 Å². The van der Waals surface area contributed by atoms with E-state index in [2.05, 4.69) is 51.9 Å². The first kappa shape index (κ1) is 33.4. The Balaban J connectivity index is 0.000000166. The highest BCUT2D eigenvalue weighted by Crippen LogP contribution is 2.41. The number of rotatable bonds is 6. The van der Waals surface area contributed by atoms with Crippen LogP contribution in [0.5, 0.6) is 0 Å². The molecule has 0 bridgehead atoms. The summed E-state index contributed by atoms with van der Waals surface area (Å²) < 4.78 is 0. The van der Waals surface area contributed by atoms with Crippen LogP contribution in [0.15, 0.2) is 29.9 Å². The number of aromatic nitrogens is 5. The minimum absolute atomic E-state index is 0.0301. The van der Waals surface area contributed by atoms with Crippen LogP contribution in [0.1, 0.15) is 72.7 Å². The van der Waals surface area contributed by atoms with Crippen molar-refractivity contribution in [2.75, 3.05) is 5.32 Å². The number of hydrogen-bond donors (Lipinski definition) is 3. The zero-order chi connectivity index (χ0) is 34.2. The fraction of sp³-hybridized carbons (Fsp3) is 0.429. The maximum Gasteiger partial charge on any atom is 0.223 e. The molecule has 1 aliphatic heterocycles. The number of aryl methyl sites for hydroxylation is 2. The normalized spacial score (nSPS) is 17.8. The lowest BCUT2D eigenvalue weighted by Crippen LogP contribution is -2.37. The third-order valence-electron chi connectivity index (χ3n) is 8.99. The highest BCUT2D eigenvalue weighted by Gasteiger charge is 2.30. The maximum absolute atomic E-state index is 12.5. The van der Waals surface area contributed by atoms with Crippen molar-refractivity contribution >= 4 is 84.2 Å². The van der Waals surface area contributed by atoms with E-state index in [0.29, 0.717) is 11.7 Å². The van der Waals surface area contributed by atoms with Gasteiger partial charge in [-0.15, -0.1) is 22.7 Å². The van der Waals surface area contributed by atoms with Gasteiger partial charge in [-0.25, -0.2) is 19.9 Å². The van der Waals surface area contributed by atoms with Gasteiger partial charge in [-0.2, -0.15) is 0 Å². The summed E-state index contributed by atoms with van der Waals surface area (Å²) >= 11 is 9.49. The Kier molecular flexibility index (Phi) is 9.58. The van der Waals surface area contributed by atoms with Crippen LogP contribution in [0.25, 0.3) is 20.4 Å². The standard InChI is InChI=1S/C21H22N6OS.C14H16ClN3OS/c1-11(2)26-20(28)12-3-4-15-17(6-12)29-21-18(15)19(24-10-25-21)27-14-5-13-7-22-9-16(13)23-8-14;1-7(2)18-13(19)8-3-4-9-10(5-8)20-14-11(9)12(15)16-6-17-14/h5,7-8,10-12H,3-4,6,9H2,1-2H3,(H,26,28)(H,24,25,27);6-8H,3-5H2,1-2H3,(H,18,19). The second kappa shape index (κ2) is 14.0. The molecule has 14 heteroatoms. The fourth-order valence-corrected chi connectivity index (χ4v) is 9.56. The van der Waals surface area contributed by atoms with E-state index in [-0.39, 0.29) is 35.7 Å². The molecule has 3 aliphatic rings. The number of anilines is 2. The Bertz CT molecular complexity index is 2090. The van der Waals surface area contributed by atoms with Crippen molar-refractivity contribution in [3.63, 3.8) is 0 Å². The Morgan fingerprint density at radius 2 is 1.41 bits per heavy atom. The van der Waals surface area contributed by atoms with Crippen molar-refractivity contribution in [2.24, 2.45) is 16.8 Å². The molecular weight excluding hydrogens is 678 g/mol. The minimum Gasteiger partial charge on any atom is -0.354 e. The van der Waals surface area contributed by atoms with E-state index in [0.717, 1.165) is 81.7 Å². The fourth-order valence-electron chi connectivity index (χ4n) is 6.72. The number of amides is 2. The molecule has 11 nitrogen and oxygen atoms in total. The highest BCUT2D eigenvalue weighted by atomic mass is 35.5. The monoisotopic (exact) mass is 715 g/mol. The molecule has 3 N–H and O–H groups in total. The summed E-state index contributed by atoms with van der Waals surface area (Å²) in [7, 11) is 0. The quantitative estimate of drug-likeness (QED) is 0.172. The molecule has 2 atom stereocenters. The van der Waals surface area contributed by atoms with Crippen molar-refractivity contribution < 1.29 is 9.59 Å². The zero-order valence-electron chi connectivity index (χ0n) is 27.8. The van der Waals surface area contributed by atoms with Gasteiger partial charge in [0.25, 0.3) is 0 Å². The summed E-state index contributed by atoms with van der Waals surface area (Å²) in [5.74, 6) is 1.19. The third kappa shape index (κ3) is 7.01. The van der Waals surface area contributed by atoms with E-state index in [1.807, 2.05) is 40.1 Å². The van der Waals surface area contributed by atoms with Crippen molar-refractivity contribution in [3.8, 4) is 0 Å². The van der Waals surface area contributed by atoms with Crippen molar-refractivity contribution in [2.45, 2.75) is 84.8 Å². The summed E-state index contributed by atoms with van der Waals surface area (Å²) in [5.41, 5.74) is 5.46. The van der Waals surface area contributed by atoms with E-state index in [1.165, 1.54) is 27.2 Å². The van der Waals surface area contributed by atoms with Crippen LogP contribution in [0.2, 0.25) is 5.15 Å². The smallest absolute Gasteiger partial charge is 0.223 e. The van der Waals surface area contributed by atoms with Gasteiger partial charge in [0.05, 0.1) is 34.9 Å². The van der Waals surface area contributed by atoms with Crippen LogP contribution in [0.4, 0.5) is 11.5 Å². The molecule has 0 aromatic carbocycles. The number of nitrogens with one attached hydrogen (secondary N) is 3. The van der Waals surface area contributed by atoms with Crippen molar-refractivity contribution in [3.05, 3.63) is 62.2 Å². The summed E-state index contributed by atoms with van der Waals surface area (Å²) in [6, 6.07) is 2.41. The zero-order valence-corrected chi connectivity index (χ0v) is 30.2. The number of pyridine rings is 1. The largest absolute Gasteiger partial charge is 0.354 e. The molecule has 8 rings (SSSR count). The van der Waals surface area contributed by atoms with Gasteiger partial charge in [-0.05, 0) is 83.4 Å². The van der Waals surface area contributed by atoms with Crippen LogP contribution in [0.3, 0.4) is 0 Å². The van der Waals surface area contributed by atoms with Crippen LogP contribution < -0.4 is 16.0 Å². The number of fused-ring (bicyclic) bond motifs is 7. The predicted octanol–water partition coefficient (Wildman–Crippen LogP) is 6.37. The molecule has 0 saturated carbocycles. The van der Waals surface area contributed by atoms with Gasteiger partial charge in [-0.3, -0.25) is 19.6 Å². The molecule has 2 unspecified atom stereocenters. The number of carbonyl (C=O) groups is 2. The first-order valence-electron chi connectivity index (χ1n) is 16.7. The Hall–Kier alpha value is -4.07. The highest BCUT2D eigenvalue weighted by molar-refractivity contribution is 7.19. The number of nitrogens with zero attached hydrogens (tertiary/aromatic N) is 6. The molecule has 0 saturated heterocycles. The first-order valence-corrected chi connectivity index (χ1v) is 18.7. The molecule has 0 radical (unpaired) electrons. The van der Waals surface area contributed by atoms with Crippen LogP contribution in [-0.2, 0) is 41.8 Å². The number of carbonyl (C=O) groups excluding carboxylic acids is 2. The maximum atomic E-state index is 12.5. The van der Waals surface area contributed by atoms with Gasteiger partial charge in [0, 0.05) is 45.5 Å². The molecule has 6 heterocycles. The van der Waals surface area contributed by atoms with Crippen molar-refractivity contribution in [1.29, 1.82) is 0 Å². The molecule has 0 spiro atoms. The Labute approximate surface area is 297 Å². The first-order chi connectivity index (χ1) is 23.6. The van der Waals surface area contributed by atoms with Gasteiger partial charge >= 0.3 is 0 Å². The van der Waals surface area contributed by atoms with Crippen LogP contribution in [-0.4, -0.2) is 55.0 Å². The third-order valence-corrected chi connectivity index (χ3v) is 11.6. The number of halogens is 1.